The molecular weight excluding hydrogens is 412 g/mol. The van der Waals surface area contributed by atoms with Gasteiger partial charge in [0.15, 0.2) is 0 Å². The Balaban J connectivity index is 2.06. The zero-order valence-corrected chi connectivity index (χ0v) is 17.9. The van der Waals surface area contributed by atoms with Crippen LogP contribution in [0.3, 0.4) is 0 Å². The summed E-state index contributed by atoms with van der Waals surface area (Å²) >= 11 is 0. The summed E-state index contributed by atoms with van der Waals surface area (Å²) in [5.74, 6) is -1.34. The van der Waals surface area contributed by atoms with Crippen LogP contribution in [0, 0.1) is 0 Å². The van der Waals surface area contributed by atoms with Gasteiger partial charge in [0.1, 0.15) is 22.3 Å². The molecule has 2 aromatic heterocycles. The maximum absolute atomic E-state index is 12.8. The number of hydrogen-bond acceptors (Lipinski definition) is 8. The largest absolute Gasteiger partial charge is 0.462 e. The zero-order chi connectivity index (χ0) is 22.8. The van der Waals surface area contributed by atoms with Crippen molar-refractivity contribution in [2.24, 2.45) is 0 Å². The van der Waals surface area contributed by atoms with Crippen molar-refractivity contribution in [2.45, 2.75) is 26.7 Å². The molecule has 0 amide bonds. The summed E-state index contributed by atoms with van der Waals surface area (Å²) in [5, 5.41) is 0.849. The van der Waals surface area contributed by atoms with Gasteiger partial charge in [-0.1, -0.05) is 44.2 Å². The number of esters is 2. The summed E-state index contributed by atoms with van der Waals surface area (Å²) in [6, 6.07) is 10.9. The van der Waals surface area contributed by atoms with Gasteiger partial charge in [0, 0.05) is 16.3 Å². The summed E-state index contributed by atoms with van der Waals surface area (Å²) in [6.45, 7) is 4.29. The van der Waals surface area contributed by atoms with E-state index >= 15 is 0 Å². The monoisotopic (exact) mass is 436 g/mol. The fourth-order valence-electron chi connectivity index (χ4n) is 3.67. The Kier molecular flexibility index (Phi) is 5.77. The van der Waals surface area contributed by atoms with Crippen LogP contribution in [0.4, 0.5) is 11.8 Å². The number of ether oxygens (including phenoxy) is 2. The van der Waals surface area contributed by atoms with Gasteiger partial charge in [-0.2, -0.15) is 0 Å². The van der Waals surface area contributed by atoms with E-state index in [2.05, 4.69) is 0 Å². The zero-order valence-electron chi connectivity index (χ0n) is 17.9. The lowest BCUT2D eigenvalue weighted by molar-refractivity contribution is 0.0498. The molecule has 0 aliphatic carbocycles. The van der Waals surface area contributed by atoms with Crippen molar-refractivity contribution in [1.29, 1.82) is 0 Å². The molecule has 0 saturated heterocycles. The molecule has 0 unspecified atom stereocenters. The number of nitrogens with two attached hydrogens (primary N) is 2. The lowest BCUT2D eigenvalue weighted by Gasteiger charge is -2.08. The maximum Gasteiger partial charge on any atom is 0.344 e. The van der Waals surface area contributed by atoms with Crippen molar-refractivity contribution in [3.8, 4) is 11.1 Å². The molecule has 0 spiro atoms. The number of rotatable bonds is 7. The highest BCUT2D eigenvalue weighted by atomic mass is 16.5. The second-order valence-electron chi connectivity index (χ2n) is 7.32. The number of carbonyl (C=O) groups is 2. The third kappa shape index (κ3) is 3.53. The Morgan fingerprint density at radius 1 is 0.875 bits per heavy atom. The van der Waals surface area contributed by atoms with Crippen LogP contribution in [0.2, 0.25) is 0 Å². The van der Waals surface area contributed by atoms with Gasteiger partial charge in [0.25, 0.3) is 0 Å². The quantitative estimate of drug-likeness (QED) is 0.381. The average Bonchev–Trinajstić information content (AvgIpc) is 3.29. The first-order valence-electron chi connectivity index (χ1n) is 10.4. The Morgan fingerprint density at radius 3 is 2.09 bits per heavy atom. The van der Waals surface area contributed by atoms with E-state index < -0.39 is 11.9 Å². The molecule has 32 heavy (non-hydrogen) atoms. The molecule has 0 atom stereocenters. The third-order valence-corrected chi connectivity index (χ3v) is 5.03. The SMILES string of the molecule is CCCOC(=O)c1c(N)oc2c(-c3ccccc3)c3c(C(=O)OCCC)c(N)oc3cc12. The second kappa shape index (κ2) is 8.66. The van der Waals surface area contributed by atoms with Gasteiger partial charge in [-0.3, -0.25) is 0 Å². The Labute approximate surface area is 184 Å². The van der Waals surface area contributed by atoms with Gasteiger partial charge in [-0.05, 0) is 24.5 Å². The van der Waals surface area contributed by atoms with Crippen LogP contribution in [-0.2, 0) is 9.47 Å². The molecular formula is C24H24N2O6. The Bertz CT molecular complexity index is 1300. The van der Waals surface area contributed by atoms with Crippen molar-refractivity contribution in [2.75, 3.05) is 24.7 Å². The molecule has 4 aromatic rings. The van der Waals surface area contributed by atoms with Crippen LogP contribution >= 0.6 is 0 Å². The first kappa shape index (κ1) is 21.3. The number of carbonyl (C=O) groups excluding carboxylic acids is 2. The predicted octanol–water partition coefficient (Wildman–Crippen LogP) is 5.14. The lowest BCUT2D eigenvalue weighted by atomic mass is 9.96. The molecule has 2 heterocycles. The fourth-order valence-corrected chi connectivity index (χ4v) is 3.67. The first-order chi connectivity index (χ1) is 15.5. The highest BCUT2D eigenvalue weighted by Gasteiger charge is 2.30. The van der Waals surface area contributed by atoms with E-state index in [9.17, 15) is 9.59 Å². The van der Waals surface area contributed by atoms with E-state index in [-0.39, 0.29) is 36.1 Å². The predicted molar refractivity (Wildman–Crippen MR) is 121 cm³/mol. The minimum absolute atomic E-state index is 0.0750. The second-order valence-corrected chi connectivity index (χ2v) is 7.32. The highest BCUT2D eigenvalue weighted by Crippen LogP contribution is 2.44. The Morgan fingerprint density at radius 2 is 1.47 bits per heavy atom. The lowest BCUT2D eigenvalue weighted by Crippen LogP contribution is -2.08. The van der Waals surface area contributed by atoms with E-state index in [0.717, 1.165) is 5.56 Å². The van der Waals surface area contributed by atoms with E-state index in [1.54, 1.807) is 6.07 Å². The van der Waals surface area contributed by atoms with Crippen LogP contribution in [-0.4, -0.2) is 25.2 Å². The molecule has 0 aliphatic rings. The van der Waals surface area contributed by atoms with Crippen LogP contribution in [0.25, 0.3) is 33.1 Å². The summed E-state index contributed by atoms with van der Waals surface area (Å²) in [7, 11) is 0. The fraction of sp³-hybridized carbons (Fsp3) is 0.250. The van der Waals surface area contributed by atoms with Crippen molar-refractivity contribution in [3.05, 3.63) is 47.5 Å². The molecule has 2 aromatic carbocycles. The number of benzene rings is 2. The summed E-state index contributed by atoms with van der Waals surface area (Å²) in [6.07, 6.45) is 1.33. The number of nitrogen functional groups attached to an aromatic ring is 2. The minimum Gasteiger partial charge on any atom is -0.462 e. The average molecular weight is 436 g/mol. The molecule has 0 radical (unpaired) electrons. The van der Waals surface area contributed by atoms with Crippen LogP contribution in [0.1, 0.15) is 47.4 Å². The standard InChI is InChI=1S/C24H24N2O6/c1-3-10-29-23(27)17-14-12-15-18(19(22(26)31-15)24(28)30-11-4-2)16(20(14)32-21(17)25)13-8-6-5-7-9-13/h5-9,12H,3-4,10-11,25-26H2,1-2H3. The third-order valence-electron chi connectivity index (χ3n) is 5.03. The molecule has 0 bridgehead atoms. The maximum atomic E-state index is 12.8. The van der Waals surface area contributed by atoms with Crippen LogP contribution in [0.15, 0.2) is 45.2 Å². The van der Waals surface area contributed by atoms with E-state index in [0.29, 0.717) is 40.3 Å². The smallest absolute Gasteiger partial charge is 0.344 e. The van der Waals surface area contributed by atoms with Crippen LogP contribution in [0.5, 0.6) is 0 Å². The van der Waals surface area contributed by atoms with Gasteiger partial charge < -0.3 is 29.8 Å². The molecule has 8 nitrogen and oxygen atoms in total. The van der Waals surface area contributed by atoms with Crippen molar-refractivity contribution >= 4 is 45.6 Å². The summed E-state index contributed by atoms with van der Waals surface area (Å²) in [5.41, 5.74) is 14.3. The molecule has 0 aliphatic heterocycles. The van der Waals surface area contributed by atoms with Crippen molar-refractivity contribution < 1.29 is 27.9 Å². The van der Waals surface area contributed by atoms with Crippen LogP contribution < -0.4 is 11.5 Å². The van der Waals surface area contributed by atoms with Gasteiger partial charge in [0.05, 0.1) is 13.2 Å². The number of furan rings is 2. The number of anilines is 2. The summed E-state index contributed by atoms with van der Waals surface area (Å²) < 4.78 is 22.2. The van der Waals surface area contributed by atoms with E-state index in [4.69, 9.17) is 29.8 Å². The van der Waals surface area contributed by atoms with E-state index in [1.807, 2.05) is 44.2 Å². The number of fused-ring (bicyclic) bond motifs is 2. The molecule has 166 valence electrons. The highest BCUT2D eigenvalue weighted by molar-refractivity contribution is 6.22. The minimum atomic E-state index is -0.596. The van der Waals surface area contributed by atoms with Crippen molar-refractivity contribution in [1.82, 2.24) is 0 Å². The van der Waals surface area contributed by atoms with Gasteiger partial charge in [-0.15, -0.1) is 0 Å². The molecule has 0 fully saturated rings. The Hall–Kier alpha value is -3.94. The first-order valence-corrected chi connectivity index (χ1v) is 10.4. The summed E-state index contributed by atoms with van der Waals surface area (Å²) in [4.78, 5) is 25.5. The molecule has 8 heteroatoms. The van der Waals surface area contributed by atoms with Gasteiger partial charge in [-0.25, -0.2) is 9.59 Å². The topological polar surface area (TPSA) is 131 Å². The van der Waals surface area contributed by atoms with Crippen molar-refractivity contribution in [3.63, 3.8) is 0 Å². The number of hydrogen-bond donors (Lipinski definition) is 2. The van der Waals surface area contributed by atoms with Gasteiger partial charge >= 0.3 is 11.9 Å². The van der Waals surface area contributed by atoms with Gasteiger partial charge in [0.2, 0.25) is 11.8 Å². The normalized spacial score (nSPS) is 11.2. The van der Waals surface area contributed by atoms with E-state index in [1.165, 1.54) is 0 Å². The molecule has 0 saturated carbocycles. The molecule has 4 rings (SSSR count). The molecule has 4 N–H and O–H groups in total.